The Morgan fingerprint density at radius 2 is 1.65 bits per heavy atom. The van der Waals surface area contributed by atoms with E-state index in [0.717, 1.165) is 17.0 Å². The highest BCUT2D eigenvalue weighted by molar-refractivity contribution is 5.95. The van der Waals surface area contributed by atoms with E-state index in [1.807, 2.05) is 24.8 Å². The molecule has 26 heavy (non-hydrogen) atoms. The van der Waals surface area contributed by atoms with Crippen LogP contribution in [-0.2, 0) is 11.2 Å². The number of piperazine rings is 1. The molecule has 1 aliphatic rings. The van der Waals surface area contributed by atoms with E-state index >= 15 is 0 Å². The fourth-order valence-electron chi connectivity index (χ4n) is 3.34. The molecule has 0 bridgehead atoms. The van der Waals surface area contributed by atoms with Crippen LogP contribution >= 0.6 is 0 Å². The number of carbonyl (C=O) groups excluding carboxylic acids is 2. The van der Waals surface area contributed by atoms with Gasteiger partial charge in [0.2, 0.25) is 5.91 Å². The third-order valence-corrected chi connectivity index (χ3v) is 4.84. The second kappa shape index (κ2) is 7.72. The van der Waals surface area contributed by atoms with E-state index in [9.17, 15) is 14.0 Å². The zero-order chi connectivity index (χ0) is 18.7. The Morgan fingerprint density at radius 3 is 2.23 bits per heavy atom. The summed E-state index contributed by atoms with van der Waals surface area (Å²) in [5.41, 5.74) is 3.51. The second-order valence-corrected chi connectivity index (χ2v) is 6.79. The Kier molecular flexibility index (Phi) is 5.40. The molecule has 3 rings (SSSR count). The van der Waals surface area contributed by atoms with Crippen molar-refractivity contribution in [3.05, 3.63) is 58.7 Å². The van der Waals surface area contributed by atoms with Crippen LogP contribution in [0.2, 0.25) is 0 Å². The first-order valence-corrected chi connectivity index (χ1v) is 8.92. The smallest absolute Gasteiger partial charge is 0.255 e. The highest BCUT2D eigenvalue weighted by Gasteiger charge is 2.26. The molecule has 2 aromatic rings. The molecule has 138 valence electrons. The molecule has 0 spiro atoms. The Hall–Kier alpha value is -2.63. The summed E-state index contributed by atoms with van der Waals surface area (Å²) in [6.45, 7) is 6.03. The molecule has 0 atom stereocenters. The van der Waals surface area contributed by atoms with Gasteiger partial charge >= 0.3 is 0 Å². The van der Waals surface area contributed by atoms with Gasteiger partial charge in [0.1, 0.15) is 5.82 Å². The van der Waals surface area contributed by atoms with Crippen LogP contribution in [0, 0.1) is 19.7 Å². The fourth-order valence-corrected chi connectivity index (χ4v) is 3.34. The first-order valence-electron chi connectivity index (χ1n) is 8.92. The number of nitrogens with zero attached hydrogens (tertiary/aromatic N) is 2. The molecule has 2 heterocycles. The van der Waals surface area contributed by atoms with Crippen LogP contribution in [-0.4, -0.2) is 52.8 Å². The van der Waals surface area contributed by atoms with E-state index in [2.05, 4.69) is 4.98 Å². The quantitative estimate of drug-likeness (QED) is 0.915. The van der Waals surface area contributed by atoms with Crippen molar-refractivity contribution in [2.24, 2.45) is 0 Å². The van der Waals surface area contributed by atoms with Crippen LogP contribution < -0.4 is 0 Å². The van der Waals surface area contributed by atoms with Crippen molar-refractivity contribution in [1.29, 1.82) is 0 Å². The monoisotopic (exact) mass is 357 g/mol. The summed E-state index contributed by atoms with van der Waals surface area (Å²) >= 11 is 0. The minimum atomic E-state index is -0.270. The first kappa shape index (κ1) is 18.2. The van der Waals surface area contributed by atoms with Crippen molar-refractivity contribution in [2.75, 3.05) is 26.2 Å². The van der Waals surface area contributed by atoms with Gasteiger partial charge in [-0.15, -0.1) is 0 Å². The summed E-state index contributed by atoms with van der Waals surface area (Å²) in [6, 6.07) is 8.11. The van der Waals surface area contributed by atoms with Gasteiger partial charge < -0.3 is 14.8 Å². The van der Waals surface area contributed by atoms with Gasteiger partial charge in [0, 0.05) is 44.0 Å². The molecule has 0 saturated carbocycles. The topological polar surface area (TPSA) is 56.4 Å². The molecular formula is C20H24FN3O2. The number of aryl methyl sites for hydroxylation is 3. The molecule has 5 nitrogen and oxygen atoms in total. The van der Waals surface area contributed by atoms with Crippen molar-refractivity contribution in [3.63, 3.8) is 0 Å². The standard InChI is InChI=1S/C20H24FN3O2/c1-14-13-18(15(2)22-14)20(26)24-11-9-23(10-12-24)19(25)8-5-16-3-6-17(21)7-4-16/h3-4,6-7,13,22H,5,8-12H2,1-2H3. The van der Waals surface area contributed by atoms with Crippen molar-refractivity contribution in [2.45, 2.75) is 26.7 Å². The molecule has 0 aliphatic carbocycles. The van der Waals surface area contributed by atoms with Crippen LogP contribution in [0.15, 0.2) is 30.3 Å². The number of hydrogen-bond donors (Lipinski definition) is 1. The minimum absolute atomic E-state index is 0.0188. The molecule has 2 amide bonds. The lowest BCUT2D eigenvalue weighted by atomic mass is 10.1. The van der Waals surface area contributed by atoms with Crippen LogP contribution in [0.5, 0.6) is 0 Å². The molecule has 1 aromatic heterocycles. The Bertz CT molecular complexity index is 790. The maximum atomic E-state index is 12.9. The maximum absolute atomic E-state index is 12.9. The number of nitrogens with one attached hydrogen (secondary N) is 1. The van der Waals surface area contributed by atoms with E-state index < -0.39 is 0 Å². The number of carbonyl (C=O) groups is 2. The Labute approximate surface area is 152 Å². The SMILES string of the molecule is Cc1cc(C(=O)N2CCN(C(=O)CCc3ccc(F)cc3)CC2)c(C)[nH]1. The van der Waals surface area contributed by atoms with E-state index in [1.54, 1.807) is 17.0 Å². The number of rotatable bonds is 4. The average molecular weight is 357 g/mol. The number of hydrogen-bond acceptors (Lipinski definition) is 2. The fraction of sp³-hybridized carbons (Fsp3) is 0.400. The van der Waals surface area contributed by atoms with Gasteiger partial charge in [0.05, 0.1) is 5.56 Å². The largest absolute Gasteiger partial charge is 0.362 e. The van der Waals surface area contributed by atoms with Crippen LogP contribution in [0.4, 0.5) is 4.39 Å². The molecule has 6 heteroatoms. The number of halogens is 1. The van der Waals surface area contributed by atoms with E-state index in [1.165, 1.54) is 12.1 Å². The average Bonchev–Trinajstić information content (AvgIpc) is 2.98. The van der Waals surface area contributed by atoms with Gasteiger partial charge in [-0.1, -0.05) is 12.1 Å². The van der Waals surface area contributed by atoms with Crippen molar-refractivity contribution < 1.29 is 14.0 Å². The summed E-state index contributed by atoms with van der Waals surface area (Å²) in [7, 11) is 0. The van der Waals surface area contributed by atoms with Gasteiger partial charge in [-0.2, -0.15) is 0 Å². The predicted octanol–water partition coefficient (Wildman–Crippen LogP) is 2.69. The summed E-state index contributed by atoms with van der Waals surface area (Å²) < 4.78 is 12.9. The predicted molar refractivity (Wildman–Crippen MR) is 97.5 cm³/mol. The van der Waals surface area contributed by atoms with Gasteiger partial charge in [0.15, 0.2) is 0 Å². The number of benzene rings is 1. The second-order valence-electron chi connectivity index (χ2n) is 6.79. The third kappa shape index (κ3) is 4.12. The summed E-state index contributed by atoms with van der Waals surface area (Å²) in [5, 5.41) is 0. The number of H-pyrrole nitrogens is 1. The lowest BCUT2D eigenvalue weighted by molar-refractivity contribution is -0.132. The third-order valence-electron chi connectivity index (χ3n) is 4.84. The van der Waals surface area contributed by atoms with E-state index in [4.69, 9.17) is 0 Å². The minimum Gasteiger partial charge on any atom is -0.362 e. The van der Waals surface area contributed by atoms with Crippen LogP contribution in [0.25, 0.3) is 0 Å². The highest BCUT2D eigenvalue weighted by atomic mass is 19.1. The number of aromatic amines is 1. The summed E-state index contributed by atoms with van der Waals surface area (Å²) in [5.74, 6) is -0.172. The Morgan fingerprint density at radius 1 is 1.04 bits per heavy atom. The Balaban J connectivity index is 1.49. The molecule has 0 radical (unpaired) electrons. The molecule has 1 saturated heterocycles. The van der Waals surface area contributed by atoms with Gasteiger partial charge in [-0.3, -0.25) is 9.59 Å². The maximum Gasteiger partial charge on any atom is 0.255 e. The van der Waals surface area contributed by atoms with Crippen molar-refractivity contribution >= 4 is 11.8 Å². The number of amides is 2. The van der Waals surface area contributed by atoms with Crippen LogP contribution in [0.1, 0.15) is 33.7 Å². The highest BCUT2D eigenvalue weighted by Crippen LogP contribution is 2.15. The zero-order valence-electron chi connectivity index (χ0n) is 15.2. The number of aromatic nitrogens is 1. The van der Waals surface area contributed by atoms with Gasteiger partial charge in [0.25, 0.3) is 5.91 Å². The van der Waals surface area contributed by atoms with E-state index in [-0.39, 0.29) is 17.6 Å². The molecule has 1 aliphatic heterocycles. The lowest BCUT2D eigenvalue weighted by Gasteiger charge is -2.35. The molecular weight excluding hydrogens is 333 g/mol. The normalized spacial score (nSPS) is 14.6. The summed E-state index contributed by atoms with van der Waals surface area (Å²) in [6.07, 6.45) is 0.996. The van der Waals surface area contributed by atoms with Crippen molar-refractivity contribution in [1.82, 2.24) is 14.8 Å². The molecule has 0 unspecified atom stereocenters. The summed E-state index contributed by atoms with van der Waals surface area (Å²) in [4.78, 5) is 31.8. The van der Waals surface area contributed by atoms with Gasteiger partial charge in [-0.25, -0.2) is 4.39 Å². The first-order chi connectivity index (χ1) is 12.4. The molecule has 1 N–H and O–H groups in total. The van der Waals surface area contributed by atoms with E-state index in [0.29, 0.717) is 44.6 Å². The zero-order valence-corrected chi connectivity index (χ0v) is 15.2. The molecule has 1 fully saturated rings. The van der Waals surface area contributed by atoms with Gasteiger partial charge in [-0.05, 0) is 44.0 Å². The van der Waals surface area contributed by atoms with Crippen LogP contribution in [0.3, 0.4) is 0 Å². The molecule has 1 aromatic carbocycles. The van der Waals surface area contributed by atoms with Crippen molar-refractivity contribution in [3.8, 4) is 0 Å². The lowest BCUT2D eigenvalue weighted by Crippen LogP contribution is -2.50.